The number of hydrogen-bond donors (Lipinski definition) is 1. The summed E-state index contributed by atoms with van der Waals surface area (Å²) >= 11 is 0. The summed E-state index contributed by atoms with van der Waals surface area (Å²) in [5.74, 6) is 0.496. The summed E-state index contributed by atoms with van der Waals surface area (Å²) in [6.45, 7) is 6.69. The topological polar surface area (TPSA) is 73.4 Å². The van der Waals surface area contributed by atoms with Crippen LogP contribution in [0.3, 0.4) is 0 Å². The number of nitrogens with zero attached hydrogens (tertiary/aromatic N) is 3. The first kappa shape index (κ1) is 23.0. The van der Waals surface area contributed by atoms with Gasteiger partial charge in [-0.05, 0) is 69.5 Å². The molecule has 0 bridgehead atoms. The van der Waals surface area contributed by atoms with Gasteiger partial charge in [-0.1, -0.05) is 18.6 Å². The van der Waals surface area contributed by atoms with Crippen molar-refractivity contribution in [1.82, 2.24) is 14.5 Å². The van der Waals surface area contributed by atoms with E-state index in [4.69, 9.17) is 15.5 Å². The summed E-state index contributed by atoms with van der Waals surface area (Å²) in [5, 5.41) is 0.462. The molecule has 2 heterocycles. The van der Waals surface area contributed by atoms with Crippen molar-refractivity contribution >= 4 is 16.6 Å². The van der Waals surface area contributed by atoms with Crippen LogP contribution in [0.15, 0.2) is 52.8 Å². The minimum absolute atomic E-state index is 0.219. The van der Waals surface area contributed by atoms with Crippen molar-refractivity contribution in [3.05, 3.63) is 70.0 Å². The van der Waals surface area contributed by atoms with E-state index in [9.17, 15) is 9.18 Å². The predicted molar refractivity (Wildman–Crippen MR) is 130 cm³/mol. The number of anilines is 1. The Morgan fingerprint density at radius 1 is 1.15 bits per heavy atom. The van der Waals surface area contributed by atoms with Crippen LogP contribution in [0.2, 0.25) is 0 Å². The van der Waals surface area contributed by atoms with Gasteiger partial charge in [-0.15, -0.1) is 0 Å². The van der Waals surface area contributed by atoms with Crippen molar-refractivity contribution in [3.63, 3.8) is 0 Å². The predicted octanol–water partition coefficient (Wildman–Crippen LogP) is 4.83. The van der Waals surface area contributed by atoms with Crippen molar-refractivity contribution in [2.75, 3.05) is 25.4 Å². The second-order valence-corrected chi connectivity index (χ2v) is 8.37. The fraction of sp³-hybridized carbons (Fsp3) is 0.385. The van der Waals surface area contributed by atoms with E-state index in [0.717, 1.165) is 38.8 Å². The second-order valence-electron chi connectivity index (χ2n) is 8.37. The molecular formula is C26H31FN4O2. The Morgan fingerprint density at radius 3 is 2.79 bits per heavy atom. The summed E-state index contributed by atoms with van der Waals surface area (Å²) in [7, 11) is 0. The normalized spacial score (nSPS) is 16.8. The van der Waals surface area contributed by atoms with Crippen LogP contribution < -0.4 is 16.0 Å². The molecule has 0 atom stereocenters. The Morgan fingerprint density at radius 2 is 2.00 bits per heavy atom. The number of rotatable bonds is 6. The third-order valence-corrected chi connectivity index (χ3v) is 6.11. The van der Waals surface area contributed by atoms with E-state index < -0.39 is 5.82 Å². The molecule has 4 rings (SSSR count). The van der Waals surface area contributed by atoms with Gasteiger partial charge in [-0.3, -0.25) is 14.3 Å². The smallest absolute Gasteiger partial charge is 0.266 e. The molecule has 6 nitrogen and oxygen atoms in total. The largest absolute Gasteiger partial charge is 0.492 e. The molecule has 0 amide bonds. The fourth-order valence-corrected chi connectivity index (χ4v) is 4.36. The highest BCUT2D eigenvalue weighted by molar-refractivity contribution is 5.81. The summed E-state index contributed by atoms with van der Waals surface area (Å²) in [5.41, 5.74) is 8.84. The second kappa shape index (κ2) is 10.2. The number of aromatic nitrogens is 2. The Labute approximate surface area is 193 Å². The molecule has 174 valence electrons. The first-order valence-electron chi connectivity index (χ1n) is 11.6. The zero-order valence-electron chi connectivity index (χ0n) is 19.3. The number of nitrogen functional groups attached to an aromatic ring is 1. The van der Waals surface area contributed by atoms with Gasteiger partial charge in [0, 0.05) is 18.3 Å². The molecule has 2 N–H and O–H groups in total. The van der Waals surface area contributed by atoms with Crippen LogP contribution in [-0.2, 0) is 6.54 Å². The molecule has 1 aliphatic heterocycles. The number of benzene rings is 2. The third-order valence-electron chi connectivity index (χ3n) is 6.11. The van der Waals surface area contributed by atoms with Crippen LogP contribution in [0, 0.1) is 5.82 Å². The summed E-state index contributed by atoms with van der Waals surface area (Å²) in [4.78, 5) is 20.9. The Bertz CT molecular complexity index is 1230. The van der Waals surface area contributed by atoms with Crippen molar-refractivity contribution in [3.8, 4) is 11.4 Å². The van der Waals surface area contributed by atoms with Gasteiger partial charge in [0.1, 0.15) is 17.4 Å². The van der Waals surface area contributed by atoms with E-state index in [1.807, 2.05) is 6.92 Å². The van der Waals surface area contributed by atoms with Gasteiger partial charge in [0.05, 0.1) is 29.7 Å². The van der Waals surface area contributed by atoms with Crippen molar-refractivity contribution in [1.29, 1.82) is 0 Å². The molecule has 3 aromatic rings. The Hall–Kier alpha value is -3.19. The van der Waals surface area contributed by atoms with Gasteiger partial charge in [-0.25, -0.2) is 9.37 Å². The standard InChI is InChI=1S/C26H31FN4O2/c1-3-18-7-5-6-13-30(14-12-18)17-25-29-22-16-20(28)9-10-21(22)26(32)31(25)23-11-8-19(27)15-24(23)33-4-2/h7-11,15-16H,3-6,12-14,17,28H2,1-2H3/b18-7-. The lowest BCUT2D eigenvalue weighted by atomic mass is 10.0. The number of nitrogens with two attached hydrogens (primary N) is 1. The highest BCUT2D eigenvalue weighted by Gasteiger charge is 2.20. The van der Waals surface area contributed by atoms with Crippen LogP contribution in [0.1, 0.15) is 45.4 Å². The summed E-state index contributed by atoms with van der Waals surface area (Å²) in [6.07, 6.45) is 6.52. The number of hydrogen-bond acceptors (Lipinski definition) is 5. The molecule has 0 fully saturated rings. The van der Waals surface area contributed by atoms with Crippen LogP contribution >= 0.6 is 0 Å². The highest BCUT2D eigenvalue weighted by Crippen LogP contribution is 2.26. The maximum atomic E-state index is 14.0. The van der Waals surface area contributed by atoms with Crippen molar-refractivity contribution in [2.45, 2.75) is 46.1 Å². The van der Waals surface area contributed by atoms with Gasteiger partial charge in [0.25, 0.3) is 5.56 Å². The average Bonchev–Trinajstić information content (AvgIpc) is 2.77. The zero-order chi connectivity index (χ0) is 23.4. The van der Waals surface area contributed by atoms with E-state index in [1.165, 1.54) is 17.7 Å². The minimum Gasteiger partial charge on any atom is -0.492 e. The van der Waals surface area contributed by atoms with E-state index in [-0.39, 0.29) is 5.56 Å². The van der Waals surface area contributed by atoms with Gasteiger partial charge in [-0.2, -0.15) is 0 Å². The van der Waals surface area contributed by atoms with Crippen LogP contribution in [0.5, 0.6) is 5.75 Å². The average molecular weight is 451 g/mol. The number of halogens is 1. The van der Waals surface area contributed by atoms with Crippen LogP contribution in [-0.4, -0.2) is 34.1 Å². The molecule has 0 spiro atoms. The van der Waals surface area contributed by atoms with Gasteiger partial charge >= 0.3 is 0 Å². The molecular weight excluding hydrogens is 419 g/mol. The van der Waals surface area contributed by atoms with Crippen LogP contribution in [0.4, 0.5) is 10.1 Å². The summed E-state index contributed by atoms with van der Waals surface area (Å²) in [6, 6.07) is 9.36. The lowest BCUT2D eigenvalue weighted by Gasteiger charge is -2.26. The van der Waals surface area contributed by atoms with E-state index >= 15 is 0 Å². The SMILES string of the molecule is CCOc1cc(F)ccc1-n1c(CN2CCC/C=C(/CC)CC2)nc2cc(N)ccc2c1=O. The Balaban J connectivity index is 1.84. The number of ether oxygens (including phenoxy) is 1. The first-order valence-corrected chi connectivity index (χ1v) is 11.6. The van der Waals surface area contributed by atoms with Crippen LogP contribution in [0.25, 0.3) is 16.6 Å². The molecule has 0 aliphatic carbocycles. The van der Waals surface area contributed by atoms with Gasteiger partial charge in [0.2, 0.25) is 0 Å². The first-order chi connectivity index (χ1) is 16.0. The lowest BCUT2D eigenvalue weighted by Crippen LogP contribution is -2.32. The molecule has 1 aliphatic rings. The molecule has 33 heavy (non-hydrogen) atoms. The molecule has 2 aromatic carbocycles. The lowest BCUT2D eigenvalue weighted by molar-refractivity contribution is 0.253. The quantitative estimate of drug-likeness (QED) is 0.430. The fourth-order valence-electron chi connectivity index (χ4n) is 4.36. The van der Waals surface area contributed by atoms with E-state index in [0.29, 0.717) is 47.0 Å². The van der Waals surface area contributed by atoms with Gasteiger partial charge in [0.15, 0.2) is 0 Å². The van der Waals surface area contributed by atoms with E-state index in [2.05, 4.69) is 17.9 Å². The third kappa shape index (κ3) is 5.09. The number of allylic oxidation sites excluding steroid dienone is 1. The van der Waals surface area contributed by atoms with Gasteiger partial charge < -0.3 is 10.5 Å². The molecule has 7 heteroatoms. The highest BCUT2D eigenvalue weighted by atomic mass is 19.1. The van der Waals surface area contributed by atoms with Crippen molar-refractivity contribution < 1.29 is 9.13 Å². The van der Waals surface area contributed by atoms with Crippen molar-refractivity contribution in [2.24, 2.45) is 0 Å². The number of fused-ring (bicyclic) bond motifs is 1. The maximum Gasteiger partial charge on any atom is 0.266 e. The minimum atomic E-state index is -0.416. The molecule has 0 saturated heterocycles. The Kier molecular flexibility index (Phi) is 7.08. The molecule has 0 unspecified atom stereocenters. The molecule has 0 radical (unpaired) electrons. The monoisotopic (exact) mass is 450 g/mol. The molecule has 0 saturated carbocycles. The maximum absolute atomic E-state index is 14.0. The zero-order valence-corrected chi connectivity index (χ0v) is 19.3. The molecule has 1 aromatic heterocycles. The van der Waals surface area contributed by atoms with E-state index in [1.54, 1.807) is 28.8 Å². The summed E-state index contributed by atoms with van der Waals surface area (Å²) < 4.78 is 21.3.